The lowest BCUT2D eigenvalue weighted by Gasteiger charge is -2.13. The fourth-order valence-corrected chi connectivity index (χ4v) is 3.01. The van der Waals surface area contributed by atoms with E-state index in [9.17, 15) is 4.79 Å². The van der Waals surface area contributed by atoms with Crippen LogP contribution in [0.1, 0.15) is 17.0 Å². The van der Waals surface area contributed by atoms with Crippen molar-refractivity contribution < 1.29 is 19.1 Å². The van der Waals surface area contributed by atoms with Crippen molar-refractivity contribution in [3.05, 3.63) is 71.6 Å². The summed E-state index contributed by atoms with van der Waals surface area (Å²) in [6.07, 6.45) is 1.47. The van der Waals surface area contributed by atoms with Gasteiger partial charge in [-0.15, -0.1) is 0 Å². The van der Waals surface area contributed by atoms with Crippen molar-refractivity contribution in [2.24, 2.45) is 0 Å². The third-order valence-corrected chi connectivity index (χ3v) is 4.63. The molecule has 0 spiro atoms. The summed E-state index contributed by atoms with van der Waals surface area (Å²) in [5, 5.41) is 8.79. The van der Waals surface area contributed by atoms with Crippen LogP contribution in [0, 0.1) is 6.92 Å². The molecule has 3 aromatic rings. The number of likely N-dealkylation sites (N-methyl/N-ethyl adjacent to an activating group) is 1. The van der Waals surface area contributed by atoms with Gasteiger partial charge in [0.1, 0.15) is 11.5 Å². The summed E-state index contributed by atoms with van der Waals surface area (Å²) in [6, 6.07) is 17.8. The molecule has 152 valence electrons. The molecular formula is C23H26N2O4. The van der Waals surface area contributed by atoms with E-state index in [1.807, 2.05) is 61.5 Å². The molecule has 29 heavy (non-hydrogen) atoms. The zero-order valence-corrected chi connectivity index (χ0v) is 16.8. The van der Waals surface area contributed by atoms with Gasteiger partial charge in [-0.25, -0.2) is 4.98 Å². The Balaban J connectivity index is 1.47. The lowest BCUT2D eigenvalue weighted by Crippen LogP contribution is -2.27. The number of nitrogens with zero attached hydrogens (tertiary/aromatic N) is 2. The fraction of sp³-hybridized carbons (Fsp3) is 0.304. The van der Waals surface area contributed by atoms with Crippen molar-refractivity contribution in [1.82, 2.24) is 9.88 Å². The molecule has 0 saturated carbocycles. The van der Waals surface area contributed by atoms with E-state index in [1.165, 1.54) is 0 Å². The zero-order chi connectivity index (χ0) is 20.6. The number of aliphatic carboxylic acids is 1. The first kappa shape index (κ1) is 20.6. The standard InChI is InChI=1S/C23H26N2O4/c1-17-21(24-23(29-17)19-6-4-3-5-7-19)13-15-28-20-10-8-18(9-11-20)12-14-25(2)16-22(26)27/h3-11H,12-16H2,1-2H3,(H,26,27). The Kier molecular flexibility index (Phi) is 7.03. The second-order valence-corrected chi connectivity index (χ2v) is 7.01. The number of ether oxygens (including phenoxy) is 1. The molecule has 0 amide bonds. The fourth-order valence-electron chi connectivity index (χ4n) is 3.01. The Morgan fingerprint density at radius 3 is 2.52 bits per heavy atom. The molecular weight excluding hydrogens is 368 g/mol. The second-order valence-electron chi connectivity index (χ2n) is 7.01. The largest absolute Gasteiger partial charge is 0.493 e. The average molecular weight is 394 g/mol. The van der Waals surface area contributed by atoms with Gasteiger partial charge in [0, 0.05) is 18.5 Å². The number of oxazole rings is 1. The minimum atomic E-state index is -0.811. The number of carboxylic acids is 1. The summed E-state index contributed by atoms with van der Waals surface area (Å²) in [5.74, 6) is 1.44. The van der Waals surface area contributed by atoms with Gasteiger partial charge in [-0.1, -0.05) is 30.3 Å². The summed E-state index contributed by atoms with van der Waals surface area (Å²) in [7, 11) is 1.81. The molecule has 1 heterocycles. The normalized spacial score (nSPS) is 11.0. The van der Waals surface area contributed by atoms with Crippen LogP contribution in [0.25, 0.3) is 11.5 Å². The van der Waals surface area contributed by atoms with Crippen molar-refractivity contribution in [3.8, 4) is 17.2 Å². The van der Waals surface area contributed by atoms with Crippen molar-refractivity contribution in [2.45, 2.75) is 19.8 Å². The molecule has 0 aliphatic carbocycles. The molecule has 3 rings (SSSR count). The monoisotopic (exact) mass is 394 g/mol. The summed E-state index contributed by atoms with van der Waals surface area (Å²) in [6.45, 7) is 3.18. The van der Waals surface area contributed by atoms with Crippen molar-refractivity contribution >= 4 is 5.97 Å². The van der Waals surface area contributed by atoms with E-state index in [2.05, 4.69) is 4.98 Å². The van der Waals surface area contributed by atoms with Gasteiger partial charge >= 0.3 is 5.97 Å². The van der Waals surface area contributed by atoms with E-state index in [1.54, 1.807) is 11.9 Å². The first-order valence-corrected chi connectivity index (χ1v) is 9.65. The molecule has 0 bridgehead atoms. The van der Waals surface area contributed by atoms with Crippen LogP contribution in [-0.4, -0.2) is 47.7 Å². The Labute approximate surface area is 170 Å². The van der Waals surface area contributed by atoms with E-state index in [-0.39, 0.29) is 6.54 Å². The highest BCUT2D eigenvalue weighted by Gasteiger charge is 2.11. The molecule has 0 unspecified atom stereocenters. The molecule has 6 heteroatoms. The molecule has 0 radical (unpaired) electrons. The summed E-state index contributed by atoms with van der Waals surface area (Å²) in [4.78, 5) is 17.1. The van der Waals surface area contributed by atoms with Crippen LogP contribution >= 0.6 is 0 Å². The minimum Gasteiger partial charge on any atom is -0.493 e. The number of hydrogen-bond donors (Lipinski definition) is 1. The molecule has 6 nitrogen and oxygen atoms in total. The maximum absolute atomic E-state index is 10.7. The van der Waals surface area contributed by atoms with Gasteiger partial charge in [0.15, 0.2) is 0 Å². The third-order valence-electron chi connectivity index (χ3n) is 4.63. The molecule has 2 aromatic carbocycles. The number of rotatable bonds is 10. The summed E-state index contributed by atoms with van der Waals surface area (Å²) < 4.78 is 11.6. The van der Waals surface area contributed by atoms with Gasteiger partial charge in [-0.05, 0) is 50.2 Å². The van der Waals surface area contributed by atoms with Gasteiger partial charge in [0.05, 0.1) is 18.8 Å². The van der Waals surface area contributed by atoms with Crippen LogP contribution in [-0.2, 0) is 17.6 Å². The van der Waals surface area contributed by atoms with E-state index in [0.717, 1.165) is 34.8 Å². The first-order chi connectivity index (χ1) is 14.0. The highest BCUT2D eigenvalue weighted by Crippen LogP contribution is 2.22. The quantitative estimate of drug-likeness (QED) is 0.563. The lowest BCUT2D eigenvalue weighted by atomic mass is 10.1. The Bertz CT molecular complexity index is 920. The summed E-state index contributed by atoms with van der Waals surface area (Å²) >= 11 is 0. The van der Waals surface area contributed by atoms with Crippen LogP contribution in [0.4, 0.5) is 0 Å². The average Bonchev–Trinajstić information content (AvgIpc) is 3.08. The maximum Gasteiger partial charge on any atom is 0.317 e. The smallest absolute Gasteiger partial charge is 0.317 e. The van der Waals surface area contributed by atoms with Crippen molar-refractivity contribution in [1.29, 1.82) is 0 Å². The van der Waals surface area contributed by atoms with E-state index < -0.39 is 5.97 Å². The lowest BCUT2D eigenvalue weighted by molar-refractivity contribution is -0.137. The van der Waals surface area contributed by atoms with Gasteiger partial charge in [0.25, 0.3) is 0 Å². The highest BCUT2D eigenvalue weighted by atomic mass is 16.5. The van der Waals surface area contributed by atoms with Crippen LogP contribution in [0.2, 0.25) is 0 Å². The minimum absolute atomic E-state index is 0.0502. The second kappa shape index (κ2) is 9.89. The number of aryl methyl sites for hydroxylation is 1. The number of benzene rings is 2. The van der Waals surface area contributed by atoms with Crippen LogP contribution in [0.3, 0.4) is 0 Å². The molecule has 1 aromatic heterocycles. The van der Waals surface area contributed by atoms with Crippen molar-refractivity contribution in [3.63, 3.8) is 0 Å². The topological polar surface area (TPSA) is 75.8 Å². The molecule has 1 N–H and O–H groups in total. The predicted octanol–water partition coefficient (Wildman–Crippen LogP) is 3.83. The summed E-state index contributed by atoms with van der Waals surface area (Å²) in [5.41, 5.74) is 3.02. The molecule has 0 saturated heterocycles. The Hall–Kier alpha value is -3.12. The molecule has 0 atom stereocenters. The highest BCUT2D eigenvalue weighted by molar-refractivity contribution is 5.69. The van der Waals surface area contributed by atoms with Gasteiger partial charge in [-0.2, -0.15) is 0 Å². The number of carboxylic acid groups (broad SMARTS) is 1. The zero-order valence-electron chi connectivity index (χ0n) is 16.8. The third kappa shape index (κ3) is 6.19. The van der Waals surface area contributed by atoms with E-state index in [0.29, 0.717) is 25.5 Å². The van der Waals surface area contributed by atoms with Crippen LogP contribution in [0.15, 0.2) is 59.0 Å². The Morgan fingerprint density at radius 2 is 1.83 bits per heavy atom. The Morgan fingerprint density at radius 1 is 1.10 bits per heavy atom. The molecule has 0 aliphatic rings. The van der Waals surface area contributed by atoms with Crippen LogP contribution in [0.5, 0.6) is 5.75 Å². The van der Waals surface area contributed by atoms with Gasteiger partial charge < -0.3 is 14.3 Å². The molecule has 0 aliphatic heterocycles. The predicted molar refractivity (Wildman–Crippen MR) is 111 cm³/mol. The van der Waals surface area contributed by atoms with E-state index >= 15 is 0 Å². The number of hydrogen-bond acceptors (Lipinski definition) is 5. The maximum atomic E-state index is 10.7. The van der Waals surface area contributed by atoms with Gasteiger partial charge in [0.2, 0.25) is 5.89 Å². The van der Waals surface area contributed by atoms with E-state index in [4.69, 9.17) is 14.3 Å². The molecule has 0 fully saturated rings. The first-order valence-electron chi connectivity index (χ1n) is 9.65. The van der Waals surface area contributed by atoms with Crippen LogP contribution < -0.4 is 4.74 Å². The number of aromatic nitrogens is 1. The van der Waals surface area contributed by atoms with Gasteiger partial charge in [-0.3, -0.25) is 9.69 Å². The SMILES string of the molecule is Cc1oc(-c2ccccc2)nc1CCOc1ccc(CCN(C)CC(=O)O)cc1. The number of carbonyl (C=O) groups is 1. The van der Waals surface area contributed by atoms with Crippen molar-refractivity contribution in [2.75, 3.05) is 26.7 Å².